The van der Waals surface area contributed by atoms with Crippen LogP contribution in [-0.4, -0.2) is 23.1 Å². The smallest absolute Gasteiger partial charge is 0.306 e. The topological polar surface area (TPSA) is 63.6 Å². The van der Waals surface area contributed by atoms with E-state index in [1.165, 1.54) is 83.5 Å². The van der Waals surface area contributed by atoms with E-state index in [2.05, 4.69) is 13.8 Å². The van der Waals surface area contributed by atoms with Gasteiger partial charge in [0.25, 0.3) is 0 Å². The first-order chi connectivity index (χ1) is 16.6. The summed E-state index contributed by atoms with van der Waals surface area (Å²) in [4.78, 5) is 22.8. The molecule has 4 heteroatoms. The second-order valence-electron chi connectivity index (χ2n) is 10.3. The maximum atomic E-state index is 12.3. The highest BCUT2D eigenvalue weighted by atomic mass is 16.5. The van der Waals surface area contributed by atoms with Gasteiger partial charge in [0, 0.05) is 12.8 Å². The maximum absolute atomic E-state index is 12.3. The van der Waals surface area contributed by atoms with E-state index >= 15 is 0 Å². The van der Waals surface area contributed by atoms with E-state index in [4.69, 9.17) is 9.84 Å². The third kappa shape index (κ3) is 25.6. The van der Waals surface area contributed by atoms with Gasteiger partial charge < -0.3 is 9.84 Å². The van der Waals surface area contributed by atoms with Gasteiger partial charge in [0.1, 0.15) is 6.10 Å². The van der Waals surface area contributed by atoms with E-state index in [1.807, 2.05) is 0 Å². The second-order valence-corrected chi connectivity index (χ2v) is 10.3. The molecular weight excluding hydrogens is 424 g/mol. The summed E-state index contributed by atoms with van der Waals surface area (Å²) in [6.07, 6.45) is 28.6. The van der Waals surface area contributed by atoms with E-state index < -0.39 is 5.97 Å². The minimum Gasteiger partial charge on any atom is -0.481 e. The monoisotopic (exact) mass is 482 g/mol. The van der Waals surface area contributed by atoms with Crippen molar-refractivity contribution in [1.29, 1.82) is 0 Å². The Labute approximate surface area is 212 Å². The van der Waals surface area contributed by atoms with Gasteiger partial charge in [-0.05, 0) is 32.1 Å². The molecule has 1 unspecified atom stereocenters. The van der Waals surface area contributed by atoms with Crippen LogP contribution in [0.3, 0.4) is 0 Å². The van der Waals surface area contributed by atoms with Gasteiger partial charge in [-0.2, -0.15) is 0 Å². The highest BCUT2D eigenvalue weighted by molar-refractivity contribution is 5.69. The SMILES string of the molecule is CCCCCCCCCCCC(=O)OC(CCCC)CCCCCCCCCCCCC(=O)O. The van der Waals surface area contributed by atoms with Crippen LogP contribution in [0.5, 0.6) is 0 Å². The summed E-state index contributed by atoms with van der Waals surface area (Å²) < 4.78 is 5.86. The fourth-order valence-corrected chi connectivity index (χ4v) is 4.58. The number of carbonyl (C=O) groups excluding carboxylic acids is 1. The van der Waals surface area contributed by atoms with Crippen LogP contribution in [0.25, 0.3) is 0 Å². The molecule has 0 amide bonds. The summed E-state index contributed by atoms with van der Waals surface area (Å²) in [6.45, 7) is 4.46. The van der Waals surface area contributed by atoms with Crippen LogP contribution < -0.4 is 0 Å². The molecule has 0 fully saturated rings. The first kappa shape index (κ1) is 32.9. The minimum atomic E-state index is -0.675. The number of esters is 1. The normalized spacial score (nSPS) is 12.1. The Morgan fingerprint density at radius 3 is 1.38 bits per heavy atom. The van der Waals surface area contributed by atoms with Crippen molar-refractivity contribution in [2.75, 3.05) is 0 Å². The Kier molecular flexibility index (Phi) is 25.7. The van der Waals surface area contributed by atoms with E-state index in [9.17, 15) is 9.59 Å². The van der Waals surface area contributed by atoms with Crippen LogP contribution in [0.1, 0.15) is 174 Å². The fourth-order valence-electron chi connectivity index (χ4n) is 4.58. The van der Waals surface area contributed by atoms with Crippen LogP contribution in [-0.2, 0) is 14.3 Å². The molecule has 0 aliphatic carbocycles. The number of hydrogen-bond acceptors (Lipinski definition) is 3. The molecule has 0 aliphatic rings. The van der Waals surface area contributed by atoms with Gasteiger partial charge in [0.05, 0.1) is 0 Å². The summed E-state index contributed by atoms with van der Waals surface area (Å²) >= 11 is 0. The Morgan fingerprint density at radius 2 is 0.912 bits per heavy atom. The number of rotatable bonds is 27. The molecule has 0 heterocycles. The number of carboxylic acid groups (broad SMARTS) is 1. The van der Waals surface area contributed by atoms with Crippen molar-refractivity contribution in [3.8, 4) is 0 Å². The van der Waals surface area contributed by atoms with E-state index in [0.29, 0.717) is 12.8 Å². The van der Waals surface area contributed by atoms with Gasteiger partial charge in [-0.15, -0.1) is 0 Å². The summed E-state index contributed by atoms with van der Waals surface area (Å²) in [7, 11) is 0. The first-order valence-electron chi connectivity index (χ1n) is 15.0. The molecule has 1 N–H and O–H groups in total. The molecule has 4 nitrogen and oxygen atoms in total. The van der Waals surface area contributed by atoms with Gasteiger partial charge in [-0.1, -0.05) is 129 Å². The molecule has 0 aromatic carbocycles. The average Bonchev–Trinajstić information content (AvgIpc) is 2.81. The number of unbranched alkanes of at least 4 members (excludes halogenated alkanes) is 18. The van der Waals surface area contributed by atoms with Gasteiger partial charge in [0.15, 0.2) is 0 Å². The number of hydrogen-bond donors (Lipinski definition) is 1. The van der Waals surface area contributed by atoms with Crippen molar-refractivity contribution in [1.82, 2.24) is 0 Å². The van der Waals surface area contributed by atoms with E-state index in [-0.39, 0.29) is 12.1 Å². The highest BCUT2D eigenvalue weighted by Crippen LogP contribution is 2.18. The molecule has 0 saturated carbocycles. The zero-order valence-corrected chi connectivity index (χ0v) is 22.9. The lowest BCUT2D eigenvalue weighted by atomic mass is 10.0. The highest BCUT2D eigenvalue weighted by Gasteiger charge is 2.13. The Morgan fingerprint density at radius 1 is 0.529 bits per heavy atom. The fraction of sp³-hybridized carbons (Fsp3) is 0.933. The first-order valence-corrected chi connectivity index (χ1v) is 15.0. The van der Waals surface area contributed by atoms with Gasteiger partial charge in [-0.3, -0.25) is 9.59 Å². The zero-order valence-electron chi connectivity index (χ0n) is 22.9. The molecular formula is C30H58O4. The molecule has 0 bridgehead atoms. The molecule has 0 radical (unpaired) electrons. The van der Waals surface area contributed by atoms with Crippen molar-refractivity contribution >= 4 is 11.9 Å². The lowest BCUT2D eigenvalue weighted by Gasteiger charge is -2.18. The molecule has 0 aromatic rings. The van der Waals surface area contributed by atoms with Crippen molar-refractivity contribution in [2.24, 2.45) is 0 Å². The van der Waals surface area contributed by atoms with Gasteiger partial charge in [0.2, 0.25) is 0 Å². The van der Waals surface area contributed by atoms with Crippen LogP contribution in [0.2, 0.25) is 0 Å². The molecule has 34 heavy (non-hydrogen) atoms. The van der Waals surface area contributed by atoms with Crippen molar-refractivity contribution in [2.45, 2.75) is 180 Å². The van der Waals surface area contributed by atoms with Gasteiger partial charge in [-0.25, -0.2) is 0 Å². The van der Waals surface area contributed by atoms with Crippen molar-refractivity contribution in [3.63, 3.8) is 0 Å². The van der Waals surface area contributed by atoms with E-state index in [1.54, 1.807) is 0 Å². The third-order valence-electron chi connectivity index (χ3n) is 6.83. The molecule has 1 atom stereocenters. The lowest BCUT2D eigenvalue weighted by molar-refractivity contribution is -0.150. The number of carbonyl (C=O) groups is 2. The van der Waals surface area contributed by atoms with Crippen LogP contribution in [0.4, 0.5) is 0 Å². The van der Waals surface area contributed by atoms with Crippen molar-refractivity contribution in [3.05, 3.63) is 0 Å². The second kappa shape index (κ2) is 26.5. The molecule has 202 valence electrons. The predicted octanol–water partition coefficient (Wildman–Crippen LogP) is 9.78. The quantitative estimate of drug-likeness (QED) is 0.0934. The summed E-state index contributed by atoms with van der Waals surface area (Å²) in [5.41, 5.74) is 0. The number of aliphatic carboxylic acids is 1. The summed E-state index contributed by atoms with van der Waals surface area (Å²) in [6, 6.07) is 0. The van der Waals surface area contributed by atoms with Gasteiger partial charge >= 0.3 is 11.9 Å². The minimum absolute atomic E-state index is 0.0207. The average molecular weight is 483 g/mol. The Balaban J connectivity index is 3.68. The molecule has 0 aromatic heterocycles. The summed E-state index contributed by atoms with van der Waals surface area (Å²) in [5.74, 6) is -0.655. The van der Waals surface area contributed by atoms with Crippen LogP contribution >= 0.6 is 0 Å². The maximum Gasteiger partial charge on any atom is 0.306 e. The van der Waals surface area contributed by atoms with E-state index in [0.717, 1.165) is 64.2 Å². The van der Waals surface area contributed by atoms with Crippen LogP contribution in [0.15, 0.2) is 0 Å². The molecule has 0 saturated heterocycles. The molecule has 0 spiro atoms. The predicted molar refractivity (Wildman–Crippen MR) is 144 cm³/mol. The third-order valence-corrected chi connectivity index (χ3v) is 6.83. The molecule has 0 rings (SSSR count). The largest absolute Gasteiger partial charge is 0.481 e. The Hall–Kier alpha value is -1.06. The standard InChI is InChI=1S/C30H58O4/c1-3-5-7-8-9-12-17-20-23-27-30(33)34-28(24-6-4-2)25-21-18-15-13-10-11-14-16-19-22-26-29(31)32/h28H,3-27H2,1-2H3,(H,31,32). The Bertz CT molecular complexity index is 449. The summed E-state index contributed by atoms with van der Waals surface area (Å²) in [5, 5.41) is 8.64. The number of ether oxygens (including phenoxy) is 1. The zero-order chi connectivity index (χ0) is 25.1. The van der Waals surface area contributed by atoms with Crippen LogP contribution in [0, 0.1) is 0 Å². The molecule has 0 aliphatic heterocycles. The van der Waals surface area contributed by atoms with Crippen molar-refractivity contribution < 1.29 is 19.4 Å². The lowest BCUT2D eigenvalue weighted by Crippen LogP contribution is -2.18. The number of carboxylic acids is 1.